The Morgan fingerprint density at radius 3 is 2.68 bits per heavy atom. The molecule has 0 atom stereocenters. The van der Waals surface area contributed by atoms with Crippen LogP contribution in [0.3, 0.4) is 0 Å². The highest BCUT2D eigenvalue weighted by molar-refractivity contribution is 9.10. The lowest BCUT2D eigenvalue weighted by Gasteiger charge is -1.99. The van der Waals surface area contributed by atoms with Gasteiger partial charge in [-0.2, -0.15) is 5.10 Å². The van der Waals surface area contributed by atoms with Crippen molar-refractivity contribution < 1.29 is 0 Å². The average molecular weight is 334 g/mol. The molecular weight excluding hydrogens is 322 g/mol. The van der Waals surface area contributed by atoms with E-state index in [2.05, 4.69) is 38.7 Å². The van der Waals surface area contributed by atoms with Crippen LogP contribution in [-0.4, -0.2) is 9.78 Å². The number of anilines is 1. The highest BCUT2D eigenvalue weighted by atomic mass is 79.9. The predicted octanol–water partition coefficient (Wildman–Crippen LogP) is 4.00. The largest absolute Gasteiger partial charge is 0.399 e. The van der Waals surface area contributed by atoms with Gasteiger partial charge in [-0.15, -0.1) is 11.3 Å². The van der Waals surface area contributed by atoms with E-state index in [0.29, 0.717) is 0 Å². The Labute approximate surface area is 123 Å². The van der Waals surface area contributed by atoms with Gasteiger partial charge in [0.1, 0.15) is 0 Å². The molecule has 0 aliphatic rings. The Balaban J connectivity index is 1.81. The molecule has 0 aliphatic heterocycles. The number of hydrogen-bond donors (Lipinski definition) is 1. The summed E-state index contributed by atoms with van der Waals surface area (Å²) in [7, 11) is 0. The van der Waals surface area contributed by atoms with Crippen molar-refractivity contribution in [3.05, 3.63) is 57.5 Å². The number of nitrogens with zero attached hydrogens (tertiary/aromatic N) is 2. The Morgan fingerprint density at radius 1 is 1.21 bits per heavy atom. The summed E-state index contributed by atoms with van der Waals surface area (Å²) in [5, 5.41) is 6.48. The van der Waals surface area contributed by atoms with Crippen molar-refractivity contribution in [1.29, 1.82) is 0 Å². The van der Waals surface area contributed by atoms with E-state index in [0.717, 1.165) is 27.8 Å². The van der Waals surface area contributed by atoms with E-state index in [1.54, 1.807) is 11.3 Å². The third-order valence-electron chi connectivity index (χ3n) is 2.82. The molecule has 0 spiro atoms. The molecule has 0 fully saturated rings. The fourth-order valence-electron chi connectivity index (χ4n) is 1.87. The molecule has 0 saturated heterocycles. The zero-order valence-corrected chi connectivity index (χ0v) is 12.5. The molecule has 96 valence electrons. The Kier molecular flexibility index (Phi) is 3.40. The first kappa shape index (κ1) is 12.4. The molecule has 0 amide bonds. The summed E-state index contributed by atoms with van der Waals surface area (Å²) in [4.78, 5) is 1.28. The molecule has 2 aromatic heterocycles. The van der Waals surface area contributed by atoms with Crippen LogP contribution in [0.4, 0.5) is 5.69 Å². The number of thiophene rings is 1. The van der Waals surface area contributed by atoms with Crippen molar-refractivity contribution in [1.82, 2.24) is 9.78 Å². The summed E-state index contributed by atoms with van der Waals surface area (Å²) in [6.45, 7) is 0.797. The second kappa shape index (κ2) is 5.19. The van der Waals surface area contributed by atoms with Gasteiger partial charge in [-0.3, -0.25) is 4.68 Å². The second-order valence-corrected chi connectivity index (χ2v) is 6.19. The molecule has 0 aliphatic carbocycles. The van der Waals surface area contributed by atoms with Crippen LogP contribution in [0, 0.1) is 0 Å². The minimum atomic E-state index is 0.777. The molecule has 0 bridgehead atoms. The van der Waals surface area contributed by atoms with Crippen LogP contribution in [0.5, 0.6) is 0 Å². The Bertz CT molecular complexity index is 685. The monoisotopic (exact) mass is 333 g/mol. The van der Waals surface area contributed by atoms with Crippen molar-refractivity contribution in [2.24, 2.45) is 0 Å². The summed E-state index contributed by atoms with van der Waals surface area (Å²) in [6, 6.07) is 9.96. The Hall–Kier alpha value is -1.59. The average Bonchev–Trinajstić information content (AvgIpc) is 3.00. The van der Waals surface area contributed by atoms with Gasteiger partial charge < -0.3 is 5.73 Å². The molecule has 3 rings (SSSR count). The third kappa shape index (κ3) is 2.88. The van der Waals surface area contributed by atoms with Gasteiger partial charge in [-0.1, -0.05) is 12.1 Å². The second-order valence-electron chi connectivity index (χ2n) is 4.28. The molecular formula is C14H12BrN3S. The van der Waals surface area contributed by atoms with Gasteiger partial charge in [0.05, 0.1) is 12.7 Å². The third-order valence-corrected chi connectivity index (χ3v) is 4.50. The number of benzene rings is 1. The van der Waals surface area contributed by atoms with Gasteiger partial charge in [-0.25, -0.2) is 0 Å². The maximum absolute atomic E-state index is 5.69. The number of aromatic nitrogens is 2. The van der Waals surface area contributed by atoms with Gasteiger partial charge in [-0.05, 0) is 39.7 Å². The zero-order chi connectivity index (χ0) is 13.2. The van der Waals surface area contributed by atoms with E-state index in [-0.39, 0.29) is 0 Å². The van der Waals surface area contributed by atoms with Gasteiger partial charge in [0.2, 0.25) is 0 Å². The number of hydrogen-bond acceptors (Lipinski definition) is 3. The normalized spacial score (nSPS) is 10.8. The van der Waals surface area contributed by atoms with Crippen LogP contribution < -0.4 is 5.73 Å². The SMILES string of the molecule is Nc1ccc(-c2cnn(Cc3cc(Br)cs3)c2)cc1. The summed E-state index contributed by atoms with van der Waals surface area (Å²) < 4.78 is 3.07. The minimum Gasteiger partial charge on any atom is -0.399 e. The first-order valence-electron chi connectivity index (χ1n) is 5.82. The standard InChI is InChI=1S/C14H12BrN3S/c15-12-5-14(19-9-12)8-18-7-11(6-17-18)10-1-3-13(16)4-2-10/h1-7,9H,8,16H2. The van der Waals surface area contributed by atoms with Crippen molar-refractivity contribution in [3.63, 3.8) is 0 Å². The first-order valence-corrected chi connectivity index (χ1v) is 7.49. The van der Waals surface area contributed by atoms with Gasteiger partial charge in [0, 0.05) is 32.2 Å². The van der Waals surface area contributed by atoms with E-state index >= 15 is 0 Å². The van der Waals surface area contributed by atoms with Crippen LogP contribution in [0.1, 0.15) is 4.88 Å². The lowest BCUT2D eigenvalue weighted by molar-refractivity contribution is 0.695. The van der Waals surface area contributed by atoms with E-state index in [1.165, 1.54) is 4.88 Å². The number of nitrogen functional groups attached to an aromatic ring is 1. The molecule has 3 aromatic rings. The van der Waals surface area contributed by atoms with E-state index < -0.39 is 0 Å². The molecule has 1 aromatic carbocycles. The highest BCUT2D eigenvalue weighted by Crippen LogP contribution is 2.23. The summed E-state index contributed by atoms with van der Waals surface area (Å²) in [5.41, 5.74) is 8.71. The molecule has 19 heavy (non-hydrogen) atoms. The predicted molar refractivity (Wildman–Crippen MR) is 83.2 cm³/mol. The van der Waals surface area contributed by atoms with Gasteiger partial charge in [0.25, 0.3) is 0 Å². The van der Waals surface area contributed by atoms with Crippen molar-refractivity contribution in [3.8, 4) is 11.1 Å². The number of halogens is 1. The summed E-state index contributed by atoms with van der Waals surface area (Å²) in [5.74, 6) is 0. The molecule has 2 heterocycles. The van der Waals surface area contributed by atoms with Crippen molar-refractivity contribution in [2.75, 3.05) is 5.73 Å². The van der Waals surface area contributed by atoms with Crippen LogP contribution >= 0.6 is 27.3 Å². The maximum atomic E-state index is 5.69. The fourth-order valence-corrected chi connectivity index (χ4v) is 3.31. The van der Waals surface area contributed by atoms with E-state index in [9.17, 15) is 0 Å². The van der Waals surface area contributed by atoms with E-state index in [1.807, 2.05) is 35.1 Å². The summed E-state index contributed by atoms with van der Waals surface area (Å²) >= 11 is 5.19. The van der Waals surface area contributed by atoms with Gasteiger partial charge >= 0.3 is 0 Å². The van der Waals surface area contributed by atoms with Crippen LogP contribution in [0.25, 0.3) is 11.1 Å². The molecule has 2 N–H and O–H groups in total. The number of rotatable bonds is 3. The lowest BCUT2D eigenvalue weighted by atomic mass is 10.1. The quantitative estimate of drug-likeness (QED) is 0.736. The lowest BCUT2D eigenvalue weighted by Crippen LogP contribution is -1.97. The minimum absolute atomic E-state index is 0.777. The molecule has 0 radical (unpaired) electrons. The van der Waals surface area contributed by atoms with Gasteiger partial charge in [0.15, 0.2) is 0 Å². The van der Waals surface area contributed by atoms with Crippen LogP contribution in [-0.2, 0) is 6.54 Å². The first-order chi connectivity index (χ1) is 9.20. The molecule has 3 nitrogen and oxygen atoms in total. The van der Waals surface area contributed by atoms with Crippen molar-refractivity contribution in [2.45, 2.75) is 6.54 Å². The molecule has 5 heteroatoms. The highest BCUT2D eigenvalue weighted by Gasteiger charge is 2.04. The van der Waals surface area contributed by atoms with E-state index in [4.69, 9.17) is 5.73 Å². The Morgan fingerprint density at radius 2 is 2.00 bits per heavy atom. The summed E-state index contributed by atoms with van der Waals surface area (Å²) in [6.07, 6.45) is 3.94. The topological polar surface area (TPSA) is 43.8 Å². The van der Waals surface area contributed by atoms with Crippen LogP contribution in [0.2, 0.25) is 0 Å². The molecule has 0 unspecified atom stereocenters. The maximum Gasteiger partial charge on any atom is 0.0752 e. The van der Waals surface area contributed by atoms with Crippen molar-refractivity contribution >= 4 is 33.0 Å². The fraction of sp³-hybridized carbons (Fsp3) is 0.0714. The zero-order valence-electron chi connectivity index (χ0n) is 10.1. The molecule has 0 saturated carbocycles. The number of nitrogens with two attached hydrogens (primary N) is 1. The van der Waals surface area contributed by atoms with Crippen LogP contribution in [0.15, 0.2) is 52.6 Å². The smallest absolute Gasteiger partial charge is 0.0752 e.